The Labute approximate surface area is 70.8 Å². The maximum atomic E-state index is 2.49. The van der Waals surface area contributed by atoms with Gasteiger partial charge in [-0.05, 0) is 25.3 Å². The zero-order valence-electron chi connectivity index (χ0n) is 8.14. The van der Waals surface area contributed by atoms with E-state index in [1.807, 2.05) is 0 Å². The third kappa shape index (κ3) is 2.48. The fourth-order valence-electron chi connectivity index (χ4n) is 2.17. The van der Waals surface area contributed by atoms with Gasteiger partial charge in [0.1, 0.15) is 0 Å². The van der Waals surface area contributed by atoms with Crippen LogP contribution in [0.3, 0.4) is 0 Å². The van der Waals surface area contributed by atoms with Crippen LogP contribution in [0.2, 0.25) is 0 Å². The molecule has 0 unspecified atom stereocenters. The molecule has 0 amide bonds. The summed E-state index contributed by atoms with van der Waals surface area (Å²) in [6.45, 7) is 7.28. The van der Waals surface area contributed by atoms with E-state index in [0.29, 0.717) is 0 Å². The van der Waals surface area contributed by atoms with Crippen molar-refractivity contribution in [2.45, 2.75) is 33.1 Å². The minimum atomic E-state index is 0.971. The summed E-state index contributed by atoms with van der Waals surface area (Å²) >= 11 is 0. The van der Waals surface area contributed by atoms with Crippen molar-refractivity contribution in [1.29, 1.82) is 0 Å². The highest BCUT2D eigenvalue weighted by Gasteiger charge is 2.22. The van der Waals surface area contributed by atoms with Gasteiger partial charge in [-0.15, -0.1) is 0 Å². The van der Waals surface area contributed by atoms with Crippen molar-refractivity contribution in [1.82, 2.24) is 4.90 Å². The molecule has 2 atom stereocenters. The Bertz CT molecular complexity index is 99.4. The third-order valence-corrected chi connectivity index (χ3v) is 2.96. The van der Waals surface area contributed by atoms with Crippen LogP contribution in [-0.2, 0) is 0 Å². The van der Waals surface area contributed by atoms with Gasteiger partial charge < -0.3 is 4.90 Å². The van der Waals surface area contributed by atoms with Crippen LogP contribution in [0, 0.1) is 11.8 Å². The van der Waals surface area contributed by atoms with Crippen LogP contribution < -0.4 is 0 Å². The van der Waals surface area contributed by atoms with Crippen molar-refractivity contribution >= 4 is 0 Å². The molecule has 1 rings (SSSR count). The maximum Gasteiger partial charge on any atom is 0.000673 e. The topological polar surface area (TPSA) is 3.24 Å². The van der Waals surface area contributed by atoms with Crippen LogP contribution in [-0.4, -0.2) is 25.0 Å². The first kappa shape index (κ1) is 9.05. The van der Waals surface area contributed by atoms with Gasteiger partial charge in [0.25, 0.3) is 0 Å². The number of piperidine rings is 1. The van der Waals surface area contributed by atoms with Gasteiger partial charge in [0, 0.05) is 13.1 Å². The first-order valence-electron chi connectivity index (χ1n) is 4.94. The molecule has 0 aliphatic carbocycles. The molecule has 0 saturated carbocycles. The van der Waals surface area contributed by atoms with E-state index in [1.54, 1.807) is 0 Å². The number of nitrogens with zero attached hydrogens (tertiary/aromatic N) is 1. The van der Waals surface area contributed by atoms with E-state index in [-0.39, 0.29) is 0 Å². The van der Waals surface area contributed by atoms with Gasteiger partial charge in [-0.1, -0.05) is 26.7 Å². The van der Waals surface area contributed by atoms with Crippen molar-refractivity contribution in [2.75, 3.05) is 20.1 Å². The summed E-state index contributed by atoms with van der Waals surface area (Å²) in [5, 5.41) is 0. The fraction of sp³-hybridized carbons (Fsp3) is 1.00. The Kier molecular flexibility index (Phi) is 3.38. The van der Waals surface area contributed by atoms with Crippen LogP contribution in [0.15, 0.2) is 0 Å². The van der Waals surface area contributed by atoms with Gasteiger partial charge in [0.2, 0.25) is 0 Å². The molecule has 0 radical (unpaired) electrons. The van der Waals surface area contributed by atoms with Crippen LogP contribution in [0.5, 0.6) is 0 Å². The lowest BCUT2D eigenvalue weighted by molar-refractivity contribution is 0.146. The summed E-state index contributed by atoms with van der Waals surface area (Å²) in [7, 11) is 2.25. The molecule has 0 aromatic heterocycles. The molecule has 0 aromatic carbocycles. The second-order valence-corrected chi connectivity index (χ2v) is 4.01. The summed E-state index contributed by atoms with van der Waals surface area (Å²) in [6, 6.07) is 0. The Morgan fingerprint density at radius 2 is 1.55 bits per heavy atom. The van der Waals surface area contributed by atoms with E-state index in [2.05, 4.69) is 25.8 Å². The molecule has 0 aromatic rings. The molecule has 1 saturated heterocycles. The minimum Gasteiger partial charge on any atom is -0.306 e. The molecule has 1 fully saturated rings. The van der Waals surface area contributed by atoms with Crippen LogP contribution in [0.1, 0.15) is 33.1 Å². The lowest BCUT2D eigenvalue weighted by atomic mass is 9.86. The molecule has 0 N–H and O–H groups in total. The predicted molar refractivity (Wildman–Crippen MR) is 49.7 cm³/mol. The van der Waals surface area contributed by atoms with E-state index in [1.165, 1.54) is 32.4 Å². The molecule has 66 valence electrons. The van der Waals surface area contributed by atoms with Crippen LogP contribution in [0.25, 0.3) is 0 Å². The van der Waals surface area contributed by atoms with Crippen LogP contribution >= 0.6 is 0 Å². The molecular formula is C10H21N. The number of hydrogen-bond acceptors (Lipinski definition) is 1. The standard InChI is InChI=1S/C10H21N/c1-4-9-6-10(5-2)8-11(3)7-9/h9-10H,4-8H2,1-3H3/t9-,10+. The van der Waals surface area contributed by atoms with E-state index in [4.69, 9.17) is 0 Å². The maximum absolute atomic E-state index is 2.49. The molecule has 1 aliphatic rings. The average molecular weight is 155 g/mol. The van der Waals surface area contributed by atoms with Crippen molar-refractivity contribution in [3.63, 3.8) is 0 Å². The van der Waals surface area contributed by atoms with Crippen LogP contribution in [0.4, 0.5) is 0 Å². The largest absolute Gasteiger partial charge is 0.306 e. The highest BCUT2D eigenvalue weighted by Crippen LogP contribution is 2.24. The first-order chi connectivity index (χ1) is 5.26. The monoisotopic (exact) mass is 155 g/mol. The normalized spacial score (nSPS) is 34.1. The Morgan fingerprint density at radius 1 is 1.09 bits per heavy atom. The number of hydrogen-bond donors (Lipinski definition) is 0. The minimum absolute atomic E-state index is 0.971. The molecule has 1 heterocycles. The molecule has 0 spiro atoms. The predicted octanol–water partition coefficient (Wildman–Crippen LogP) is 2.37. The van der Waals surface area contributed by atoms with Gasteiger partial charge >= 0.3 is 0 Å². The fourth-order valence-corrected chi connectivity index (χ4v) is 2.17. The van der Waals surface area contributed by atoms with Gasteiger partial charge in [0.15, 0.2) is 0 Å². The van der Waals surface area contributed by atoms with Gasteiger partial charge in [-0.2, -0.15) is 0 Å². The molecule has 0 bridgehead atoms. The second kappa shape index (κ2) is 4.10. The van der Waals surface area contributed by atoms with Gasteiger partial charge in [-0.25, -0.2) is 0 Å². The van der Waals surface area contributed by atoms with E-state index < -0.39 is 0 Å². The van der Waals surface area contributed by atoms with Crippen molar-refractivity contribution in [3.8, 4) is 0 Å². The lowest BCUT2D eigenvalue weighted by Crippen LogP contribution is -2.37. The zero-order valence-corrected chi connectivity index (χ0v) is 8.14. The summed E-state index contributed by atoms with van der Waals surface area (Å²) < 4.78 is 0. The molecule has 1 aliphatic heterocycles. The summed E-state index contributed by atoms with van der Waals surface area (Å²) in [5.41, 5.74) is 0. The lowest BCUT2D eigenvalue weighted by Gasteiger charge is -2.34. The summed E-state index contributed by atoms with van der Waals surface area (Å²) in [6.07, 6.45) is 4.19. The molecule has 11 heavy (non-hydrogen) atoms. The van der Waals surface area contributed by atoms with E-state index >= 15 is 0 Å². The molecule has 1 nitrogen and oxygen atoms in total. The first-order valence-corrected chi connectivity index (χ1v) is 4.94. The summed E-state index contributed by atoms with van der Waals surface area (Å²) in [4.78, 5) is 2.49. The van der Waals surface area contributed by atoms with Gasteiger partial charge in [-0.3, -0.25) is 0 Å². The van der Waals surface area contributed by atoms with Crippen molar-refractivity contribution in [2.24, 2.45) is 11.8 Å². The Hall–Kier alpha value is -0.0400. The molecular weight excluding hydrogens is 134 g/mol. The summed E-state index contributed by atoms with van der Waals surface area (Å²) in [5.74, 6) is 1.94. The second-order valence-electron chi connectivity index (χ2n) is 4.01. The SMILES string of the molecule is CC[C@@H]1C[C@H](CC)CN(C)C1. The number of rotatable bonds is 2. The van der Waals surface area contributed by atoms with Gasteiger partial charge in [0.05, 0.1) is 0 Å². The number of likely N-dealkylation sites (tertiary alicyclic amines) is 1. The third-order valence-electron chi connectivity index (χ3n) is 2.96. The Morgan fingerprint density at radius 3 is 1.91 bits per heavy atom. The van der Waals surface area contributed by atoms with Crippen molar-refractivity contribution in [3.05, 3.63) is 0 Å². The Balaban J connectivity index is 2.37. The van der Waals surface area contributed by atoms with Crippen molar-refractivity contribution < 1.29 is 0 Å². The highest BCUT2D eigenvalue weighted by molar-refractivity contribution is 4.75. The molecule has 1 heteroatoms. The average Bonchev–Trinajstić information content (AvgIpc) is 2.03. The quantitative estimate of drug-likeness (QED) is 0.592. The smallest absolute Gasteiger partial charge is 0.000673 e. The van der Waals surface area contributed by atoms with E-state index in [9.17, 15) is 0 Å². The van der Waals surface area contributed by atoms with E-state index in [0.717, 1.165) is 11.8 Å². The highest BCUT2D eigenvalue weighted by atomic mass is 15.1. The zero-order chi connectivity index (χ0) is 8.27.